The molecule has 0 atom stereocenters. The van der Waals surface area contributed by atoms with Gasteiger partial charge in [0.15, 0.2) is 0 Å². The maximum absolute atomic E-state index is 11.8. The zero-order valence-electron chi connectivity index (χ0n) is 14.3. The smallest absolute Gasteiger partial charge is 0.309 e. The zero-order chi connectivity index (χ0) is 16.1. The Morgan fingerprint density at radius 3 is 2.14 bits per heavy atom. The Hall–Kier alpha value is -1.31. The molecule has 0 bridgehead atoms. The first-order valence-corrected chi connectivity index (χ1v) is 8.15. The number of carbonyl (C=O) groups is 1. The molecule has 0 saturated carbocycles. The fourth-order valence-electron chi connectivity index (χ4n) is 2.09. The van der Waals surface area contributed by atoms with Gasteiger partial charge >= 0.3 is 5.97 Å². The first-order valence-electron chi connectivity index (χ1n) is 8.15. The average molecular weight is 292 g/mol. The van der Waals surface area contributed by atoms with Crippen molar-refractivity contribution in [2.24, 2.45) is 11.8 Å². The fourth-order valence-corrected chi connectivity index (χ4v) is 2.09. The van der Waals surface area contributed by atoms with Gasteiger partial charge in [-0.3, -0.25) is 4.79 Å². The molecule has 0 aromatic carbocycles. The second-order valence-corrected chi connectivity index (χ2v) is 6.00. The molecule has 120 valence electrons. The van der Waals surface area contributed by atoms with Crippen LogP contribution in [0.4, 0.5) is 0 Å². The highest BCUT2D eigenvalue weighted by Gasteiger charge is 2.21. The normalized spacial score (nSPS) is 12.8. The van der Waals surface area contributed by atoms with E-state index >= 15 is 0 Å². The standard InChI is InChI=1S/C19H32O2/c1-6-7-8-9-10-11-12-13-14-15-18(20)21-19(16(2)3)17(4)5/h8-11,13-14,16-17,19H,6-7,12,15H2,1-5H3/b9-8+,11-10-,14-13-. The van der Waals surface area contributed by atoms with Gasteiger partial charge in [0, 0.05) is 0 Å². The molecule has 2 heteroatoms. The maximum atomic E-state index is 11.8. The van der Waals surface area contributed by atoms with Crippen LogP contribution in [0.3, 0.4) is 0 Å². The van der Waals surface area contributed by atoms with E-state index in [1.165, 1.54) is 6.42 Å². The average Bonchev–Trinajstić information content (AvgIpc) is 2.42. The van der Waals surface area contributed by atoms with Crippen molar-refractivity contribution in [2.45, 2.75) is 66.4 Å². The molecule has 0 saturated heterocycles. The van der Waals surface area contributed by atoms with E-state index in [0.29, 0.717) is 18.3 Å². The van der Waals surface area contributed by atoms with Crippen LogP contribution in [-0.2, 0) is 9.53 Å². The lowest BCUT2D eigenvalue weighted by atomic mass is 9.96. The predicted molar refractivity (Wildman–Crippen MR) is 91.1 cm³/mol. The Morgan fingerprint density at radius 2 is 1.57 bits per heavy atom. The van der Waals surface area contributed by atoms with E-state index in [0.717, 1.165) is 12.8 Å². The molecule has 21 heavy (non-hydrogen) atoms. The molecule has 0 aliphatic carbocycles. The summed E-state index contributed by atoms with van der Waals surface area (Å²) >= 11 is 0. The van der Waals surface area contributed by atoms with E-state index in [-0.39, 0.29) is 12.1 Å². The van der Waals surface area contributed by atoms with Gasteiger partial charge in [-0.25, -0.2) is 0 Å². The quantitative estimate of drug-likeness (QED) is 0.303. The molecule has 0 amide bonds. The molecule has 0 aromatic heterocycles. The van der Waals surface area contributed by atoms with Crippen LogP contribution in [0.1, 0.15) is 60.3 Å². The molecule has 0 unspecified atom stereocenters. The largest absolute Gasteiger partial charge is 0.462 e. The van der Waals surface area contributed by atoms with Gasteiger partial charge in [-0.1, -0.05) is 77.5 Å². The summed E-state index contributed by atoms with van der Waals surface area (Å²) < 4.78 is 5.53. The Kier molecular flexibility index (Phi) is 11.7. The maximum Gasteiger partial charge on any atom is 0.309 e. The molecule has 0 heterocycles. The molecule has 0 N–H and O–H groups in total. The van der Waals surface area contributed by atoms with Crippen molar-refractivity contribution in [3.05, 3.63) is 36.5 Å². The summed E-state index contributed by atoms with van der Waals surface area (Å²) in [6.07, 6.45) is 15.8. The molecular formula is C19H32O2. The van der Waals surface area contributed by atoms with Crippen molar-refractivity contribution in [1.29, 1.82) is 0 Å². The molecule has 0 spiro atoms. The number of unbranched alkanes of at least 4 members (excludes halogenated alkanes) is 1. The van der Waals surface area contributed by atoms with E-state index in [1.807, 2.05) is 18.2 Å². The van der Waals surface area contributed by atoms with Gasteiger partial charge in [0.2, 0.25) is 0 Å². The second kappa shape index (κ2) is 12.4. The minimum Gasteiger partial charge on any atom is -0.462 e. The predicted octanol–water partition coefficient (Wildman–Crippen LogP) is 5.46. The third-order valence-electron chi connectivity index (χ3n) is 3.14. The molecule has 0 aromatic rings. The van der Waals surface area contributed by atoms with Gasteiger partial charge < -0.3 is 4.74 Å². The van der Waals surface area contributed by atoms with Crippen LogP contribution < -0.4 is 0 Å². The van der Waals surface area contributed by atoms with Crippen molar-refractivity contribution in [1.82, 2.24) is 0 Å². The van der Waals surface area contributed by atoms with E-state index in [4.69, 9.17) is 4.74 Å². The van der Waals surface area contributed by atoms with Crippen LogP contribution in [0.25, 0.3) is 0 Å². The summed E-state index contributed by atoms with van der Waals surface area (Å²) in [4.78, 5) is 11.8. The van der Waals surface area contributed by atoms with Crippen molar-refractivity contribution in [3.8, 4) is 0 Å². The number of hydrogen-bond donors (Lipinski definition) is 0. The van der Waals surface area contributed by atoms with Gasteiger partial charge in [0.05, 0.1) is 6.42 Å². The number of rotatable bonds is 10. The topological polar surface area (TPSA) is 26.3 Å². The molecule has 0 fully saturated rings. The third-order valence-corrected chi connectivity index (χ3v) is 3.14. The Morgan fingerprint density at radius 1 is 0.952 bits per heavy atom. The van der Waals surface area contributed by atoms with Crippen molar-refractivity contribution in [3.63, 3.8) is 0 Å². The van der Waals surface area contributed by atoms with Crippen LogP contribution in [-0.4, -0.2) is 12.1 Å². The van der Waals surface area contributed by atoms with Crippen LogP contribution in [0.5, 0.6) is 0 Å². The Labute approximate surface area is 131 Å². The highest BCUT2D eigenvalue weighted by atomic mass is 16.5. The van der Waals surface area contributed by atoms with Gasteiger partial charge in [0.25, 0.3) is 0 Å². The number of esters is 1. The van der Waals surface area contributed by atoms with Gasteiger partial charge in [-0.2, -0.15) is 0 Å². The molecule has 0 aliphatic heterocycles. The zero-order valence-corrected chi connectivity index (χ0v) is 14.3. The van der Waals surface area contributed by atoms with Gasteiger partial charge in [-0.15, -0.1) is 0 Å². The van der Waals surface area contributed by atoms with E-state index in [1.54, 1.807) is 0 Å². The molecule has 0 aliphatic rings. The minimum absolute atomic E-state index is 0.00880. The van der Waals surface area contributed by atoms with Gasteiger partial charge in [-0.05, 0) is 24.7 Å². The van der Waals surface area contributed by atoms with Crippen LogP contribution in [0, 0.1) is 11.8 Å². The second-order valence-electron chi connectivity index (χ2n) is 6.00. The summed E-state index contributed by atoms with van der Waals surface area (Å²) in [5.74, 6) is 0.581. The molecule has 2 nitrogen and oxygen atoms in total. The summed E-state index contributed by atoms with van der Waals surface area (Å²) in [5, 5.41) is 0. The first kappa shape index (κ1) is 19.7. The van der Waals surface area contributed by atoms with E-state index in [2.05, 4.69) is 52.8 Å². The monoisotopic (exact) mass is 292 g/mol. The highest BCUT2D eigenvalue weighted by molar-refractivity contribution is 5.71. The number of carbonyl (C=O) groups excluding carboxylic acids is 1. The van der Waals surface area contributed by atoms with Crippen LogP contribution in [0.2, 0.25) is 0 Å². The van der Waals surface area contributed by atoms with E-state index < -0.39 is 0 Å². The van der Waals surface area contributed by atoms with Gasteiger partial charge in [0.1, 0.15) is 6.10 Å². The lowest BCUT2D eigenvalue weighted by Gasteiger charge is -2.24. The lowest BCUT2D eigenvalue weighted by molar-refractivity contribution is -0.152. The van der Waals surface area contributed by atoms with Crippen molar-refractivity contribution < 1.29 is 9.53 Å². The molecule has 0 radical (unpaired) electrons. The van der Waals surface area contributed by atoms with Crippen LogP contribution >= 0.6 is 0 Å². The molecular weight excluding hydrogens is 260 g/mol. The van der Waals surface area contributed by atoms with Crippen molar-refractivity contribution in [2.75, 3.05) is 0 Å². The minimum atomic E-state index is -0.134. The first-order chi connectivity index (χ1) is 9.99. The summed E-state index contributed by atoms with van der Waals surface area (Å²) in [5.41, 5.74) is 0. The summed E-state index contributed by atoms with van der Waals surface area (Å²) in [6, 6.07) is 0. The SMILES string of the molecule is CCC/C=C/C=C\C/C=C\CC(=O)OC(C(C)C)C(C)C. The number of ether oxygens (including phenoxy) is 1. The summed E-state index contributed by atoms with van der Waals surface area (Å²) in [6.45, 7) is 10.5. The summed E-state index contributed by atoms with van der Waals surface area (Å²) in [7, 11) is 0. The van der Waals surface area contributed by atoms with Crippen LogP contribution in [0.15, 0.2) is 36.5 Å². The van der Waals surface area contributed by atoms with E-state index in [9.17, 15) is 4.79 Å². The Bertz CT molecular complexity index is 341. The number of hydrogen-bond acceptors (Lipinski definition) is 2. The molecule has 0 rings (SSSR count). The third kappa shape index (κ3) is 11.1. The van der Waals surface area contributed by atoms with Crippen molar-refractivity contribution >= 4 is 5.97 Å². The highest BCUT2D eigenvalue weighted by Crippen LogP contribution is 2.16. The fraction of sp³-hybridized carbons (Fsp3) is 0.632. The lowest BCUT2D eigenvalue weighted by Crippen LogP contribution is -2.28. The Balaban J connectivity index is 3.94. The number of allylic oxidation sites excluding steroid dienone is 5.